The van der Waals surface area contributed by atoms with Gasteiger partial charge in [0.2, 0.25) is 0 Å². The molecule has 1 unspecified atom stereocenters. The highest BCUT2D eigenvalue weighted by molar-refractivity contribution is 6.46. The number of hydrogen-bond acceptors (Lipinski definition) is 4. The van der Waals surface area contributed by atoms with Crippen molar-refractivity contribution in [1.29, 1.82) is 0 Å². The Morgan fingerprint density at radius 2 is 1.60 bits per heavy atom. The number of carbonyl (C=O) groups is 3. The summed E-state index contributed by atoms with van der Waals surface area (Å²) >= 11 is 0. The van der Waals surface area contributed by atoms with E-state index < -0.39 is 23.7 Å². The van der Waals surface area contributed by atoms with Crippen LogP contribution in [0.3, 0.4) is 0 Å². The molecule has 2 aromatic rings. The number of hydrogen-bond donors (Lipinski definition) is 2. The molecule has 6 heteroatoms. The van der Waals surface area contributed by atoms with Crippen LogP contribution in [0.4, 0.5) is 0 Å². The van der Waals surface area contributed by atoms with Crippen molar-refractivity contribution in [3.8, 4) is 0 Å². The molecule has 30 heavy (non-hydrogen) atoms. The smallest absolute Gasteiger partial charge is 0.303 e. The van der Waals surface area contributed by atoms with Crippen LogP contribution in [0.5, 0.6) is 0 Å². The second-order valence-electron chi connectivity index (χ2n) is 7.47. The van der Waals surface area contributed by atoms with Crippen LogP contribution in [0.15, 0.2) is 60.2 Å². The van der Waals surface area contributed by atoms with Gasteiger partial charge in [0.1, 0.15) is 5.76 Å². The third-order valence-electron chi connectivity index (χ3n) is 5.27. The van der Waals surface area contributed by atoms with Gasteiger partial charge >= 0.3 is 5.97 Å². The minimum absolute atomic E-state index is 0.0776. The van der Waals surface area contributed by atoms with E-state index in [1.165, 1.54) is 4.90 Å². The van der Waals surface area contributed by atoms with E-state index in [2.05, 4.69) is 0 Å². The first kappa shape index (κ1) is 21.3. The summed E-state index contributed by atoms with van der Waals surface area (Å²) in [6.07, 6.45) is 1.80. The quantitative estimate of drug-likeness (QED) is 0.298. The van der Waals surface area contributed by atoms with E-state index in [0.717, 1.165) is 11.1 Å². The van der Waals surface area contributed by atoms with Gasteiger partial charge in [-0.3, -0.25) is 14.4 Å². The third kappa shape index (κ3) is 4.59. The van der Waals surface area contributed by atoms with E-state index in [4.69, 9.17) is 5.11 Å². The topological polar surface area (TPSA) is 94.9 Å². The van der Waals surface area contributed by atoms with Crippen molar-refractivity contribution in [1.82, 2.24) is 4.90 Å². The minimum Gasteiger partial charge on any atom is -0.507 e. The first-order valence-corrected chi connectivity index (χ1v) is 10.0. The Labute approximate surface area is 175 Å². The van der Waals surface area contributed by atoms with Crippen LogP contribution < -0.4 is 0 Å². The summed E-state index contributed by atoms with van der Waals surface area (Å²) in [6, 6.07) is 15.6. The Bertz CT molecular complexity index is 963. The number of rotatable bonds is 8. The number of unbranched alkanes of at least 4 members (excludes halogenated alkanes) is 2. The molecule has 1 aliphatic heterocycles. The van der Waals surface area contributed by atoms with Crippen LogP contribution >= 0.6 is 0 Å². The number of carboxylic acids is 1. The predicted octanol–water partition coefficient (Wildman–Crippen LogP) is 4.06. The first-order chi connectivity index (χ1) is 14.4. The van der Waals surface area contributed by atoms with Gasteiger partial charge in [0, 0.05) is 18.5 Å². The van der Waals surface area contributed by atoms with Crippen molar-refractivity contribution in [3.63, 3.8) is 0 Å². The normalized spacial score (nSPS) is 18.0. The van der Waals surface area contributed by atoms with Crippen molar-refractivity contribution in [2.45, 2.75) is 38.6 Å². The van der Waals surface area contributed by atoms with Gasteiger partial charge in [-0.05, 0) is 25.3 Å². The maximum Gasteiger partial charge on any atom is 0.303 e. The van der Waals surface area contributed by atoms with Crippen LogP contribution in [0.25, 0.3) is 5.76 Å². The van der Waals surface area contributed by atoms with Crippen LogP contribution in [0.1, 0.15) is 48.4 Å². The molecule has 1 saturated heterocycles. The van der Waals surface area contributed by atoms with E-state index in [1.807, 2.05) is 37.3 Å². The summed E-state index contributed by atoms with van der Waals surface area (Å²) in [4.78, 5) is 37.9. The lowest BCUT2D eigenvalue weighted by Gasteiger charge is -2.25. The van der Waals surface area contributed by atoms with Crippen LogP contribution in [0, 0.1) is 6.92 Å². The zero-order valence-electron chi connectivity index (χ0n) is 16.9. The van der Waals surface area contributed by atoms with Gasteiger partial charge < -0.3 is 15.1 Å². The second-order valence-corrected chi connectivity index (χ2v) is 7.47. The molecule has 0 bridgehead atoms. The Balaban J connectivity index is 1.95. The number of benzene rings is 2. The molecular weight excluding hydrogens is 382 g/mol. The second kappa shape index (κ2) is 9.39. The summed E-state index contributed by atoms with van der Waals surface area (Å²) in [5, 5.41) is 19.7. The molecule has 3 rings (SSSR count). The highest BCUT2D eigenvalue weighted by Gasteiger charge is 2.45. The molecule has 2 N–H and O–H groups in total. The van der Waals surface area contributed by atoms with E-state index in [1.54, 1.807) is 24.3 Å². The number of likely N-dealkylation sites (tertiary alicyclic amines) is 1. The molecule has 1 fully saturated rings. The number of aliphatic hydroxyl groups is 1. The lowest BCUT2D eigenvalue weighted by atomic mass is 9.94. The number of amides is 1. The van der Waals surface area contributed by atoms with Gasteiger partial charge in [0.15, 0.2) is 0 Å². The third-order valence-corrected chi connectivity index (χ3v) is 5.27. The Morgan fingerprint density at radius 1 is 0.933 bits per heavy atom. The lowest BCUT2D eigenvalue weighted by molar-refractivity contribution is -0.140. The summed E-state index contributed by atoms with van der Waals surface area (Å²) in [6.45, 7) is 2.27. The van der Waals surface area contributed by atoms with Crippen LogP contribution in [-0.4, -0.2) is 39.3 Å². The number of carbonyl (C=O) groups excluding carboxylic acids is 2. The molecule has 156 valence electrons. The molecule has 0 spiro atoms. The molecule has 1 heterocycles. The Hall–Kier alpha value is -3.41. The van der Waals surface area contributed by atoms with Gasteiger partial charge in [0.05, 0.1) is 11.6 Å². The van der Waals surface area contributed by atoms with E-state index in [0.29, 0.717) is 31.4 Å². The maximum atomic E-state index is 12.9. The predicted molar refractivity (Wildman–Crippen MR) is 113 cm³/mol. The Kier molecular flexibility index (Phi) is 6.67. The fourth-order valence-electron chi connectivity index (χ4n) is 3.69. The zero-order chi connectivity index (χ0) is 21.7. The van der Waals surface area contributed by atoms with Gasteiger partial charge in [-0.25, -0.2) is 0 Å². The molecule has 1 amide bonds. The largest absolute Gasteiger partial charge is 0.507 e. The van der Waals surface area contributed by atoms with Gasteiger partial charge in [-0.2, -0.15) is 0 Å². The van der Waals surface area contributed by atoms with Gasteiger partial charge in [-0.1, -0.05) is 66.6 Å². The molecular formula is C24H25NO5. The standard InChI is InChI=1S/C24H25NO5/c1-16-11-13-17(14-12-16)21-20(22(28)18-8-4-2-5-9-18)23(29)24(30)25(21)15-7-3-6-10-19(26)27/h2,4-5,8-9,11-14,21,28H,3,6-7,10,15H2,1H3,(H,26,27)/b22-20-. The minimum atomic E-state index is -0.849. The summed E-state index contributed by atoms with van der Waals surface area (Å²) in [7, 11) is 0. The molecule has 1 atom stereocenters. The van der Waals surface area contributed by atoms with E-state index >= 15 is 0 Å². The summed E-state index contributed by atoms with van der Waals surface area (Å²) < 4.78 is 0. The monoisotopic (exact) mass is 407 g/mol. The lowest BCUT2D eigenvalue weighted by Crippen LogP contribution is -2.30. The van der Waals surface area contributed by atoms with Crippen molar-refractivity contribution < 1.29 is 24.6 Å². The van der Waals surface area contributed by atoms with Crippen LogP contribution in [-0.2, 0) is 14.4 Å². The highest BCUT2D eigenvalue weighted by Crippen LogP contribution is 2.39. The molecule has 1 aliphatic rings. The van der Waals surface area contributed by atoms with E-state index in [-0.39, 0.29) is 17.8 Å². The van der Waals surface area contributed by atoms with Gasteiger partial charge in [-0.15, -0.1) is 0 Å². The number of nitrogens with zero attached hydrogens (tertiary/aromatic N) is 1. The molecule has 0 aliphatic carbocycles. The molecule has 0 aromatic heterocycles. The van der Waals surface area contributed by atoms with Crippen LogP contribution in [0.2, 0.25) is 0 Å². The average molecular weight is 407 g/mol. The number of ketones is 1. The first-order valence-electron chi connectivity index (χ1n) is 10.0. The van der Waals surface area contributed by atoms with Crippen molar-refractivity contribution in [2.75, 3.05) is 6.54 Å². The van der Waals surface area contributed by atoms with Crippen molar-refractivity contribution >= 4 is 23.4 Å². The molecule has 6 nitrogen and oxygen atoms in total. The van der Waals surface area contributed by atoms with Gasteiger partial charge in [0.25, 0.3) is 11.7 Å². The maximum absolute atomic E-state index is 12.9. The summed E-state index contributed by atoms with van der Waals surface area (Å²) in [5.41, 5.74) is 2.37. The fourth-order valence-corrected chi connectivity index (χ4v) is 3.69. The van der Waals surface area contributed by atoms with E-state index in [9.17, 15) is 19.5 Å². The number of Topliss-reactive ketones (excluding diaryl/α,β-unsaturated/α-hetero) is 1. The number of aryl methyl sites for hydroxylation is 1. The fraction of sp³-hybridized carbons (Fsp3) is 0.292. The SMILES string of the molecule is Cc1ccc(C2/C(=C(/O)c3ccccc3)C(=O)C(=O)N2CCCCCC(=O)O)cc1. The molecule has 0 radical (unpaired) electrons. The average Bonchev–Trinajstić information content (AvgIpc) is 2.99. The highest BCUT2D eigenvalue weighted by atomic mass is 16.4. The molecule has 0 saturated carbocycles. The zero-order valence-corrected chi connectivity index (χ0v) is 16.9. The number of aliphatic carboxylic acids is 1. The molecule has 2 aromatic carbocycles. The van der Waals surface area contributed by atoms with Crippen molar-refractivity contribution in [3.05, 3.63) is 76.9 Å². The number of carboxylic acid groups (broad SMARTS) is 1. The summed E-state index contributed by atoms with van der Waals surface area (Å²) in [5.74, 6) is -2.38. The van der Waals surface area contributed by atoms with Crippen molar-refractivity contribution in [2.24, 2.45) is 0 Å². The number of aliphatic hydroxyl groups excluding tert-OH is 1. The Morgan fingerprint density at radius 3 is 2.23 bits per heavy atom.